The summed E-state index contributed by atoms with van der Waals surface area (Å²) < 4.78 is 24.9. The molecule has 0 aliphatic carbocycles. The van der Waals surface area contributed by atoms with Crippen LogP contribution in [0.5, 0.6) is 0 Å². The van der Waals surface area contributed by atoms with Crippen LogP contribution < -0.4 is 5.32 Å². The van der Waals surface area contributed by atoms with E-state index < -0.39 is 0 Å². The summed E-state index contributed by atoms with van der Waals surface area (Å²) in [6, 6.07) is 6.75. The molecule has 1 fully saturated rings. The number of halogens is 1. The summed E-state index contributed by atoms with van der Waals surface area (Å²) in [6.07, 6.45) is 0.704. The molecule has 1 aromatic rings. The predicted molar refractivity (Wildman–Crippen MR) is 63.4 cm³/mol. The van der Waals surface area contributed by atoms with Gasteiger partial charge >= 0.3 is 0 Å². The molecule has 94 valence electrons. The van der Waals surface area contributed by atoms with Crippen molar-refractivity contribution in [3.63, 3.8) is 0 Å². The highest BCUT2D eigenvalue weighted by molar-refractivity contribution is 5.20. The normalized spacial score (nSPS) is 21.6. The standard InChI is InChI=1S/C13H18FNO2/c1-15-8-13(17-10-6-7-16-9-10)11-4-2-3-5-12(11)14/h2-5,10,13,15H,6-9H2,1H3. The fraction of sp³-hybridized carbons (Fsp3) is 0.538. The van der Waals surface area contributed by atoms with Crippen molar-refractivity contribution in [2.75, 3.05) is 26.8 Å². The molecular formula is C13H18FNO2. The highest BCUT2D eigenvalue weighted by Crippen LogP contribution is 2.24. The maximum absolute atomic E-state index is 13.7. The zero-order chi connectivity index (χ0) is 12.1. The van der Waals surface area contributed by atoms with Gasteiger partial charge < -0.3 is 14.8 Å². The summed E-state index contributed by atoms with van der Waals surface area (Å²) in [5.41, 5.74) is 0.605. The molecule has 0 radical (unpaired) electrons. The molecule has 3 nitrogen and oxygen atoms in total. The Morgan fingerprint density at radius 2 is 2.35 bits per heavy atom. The Kier molecular flexibility index (Phi) is 4.48. The van der Waals surface area contributed by atoms with Crippen molar-refractivity contribution in [2.45, 2.75) is 18.6 Å². The van der Waals surface area contributed by atoms with E-state index in [1.807, 2.05) is 13.1 Å². The van der Waals surface area contributed by atoms with Crippen LogP contribution in [0.25, 0.3) is 0 Å². The van der Waals surface area contributed by atoms with Gasteiger partial charge in [0.2, 0.25) is 0 Å². The van der Waals surface area contributed by atoms with Crippen molar-refractivity contribution in [1.82, 2.24) is 5.32 Å². The molecule has 0 amide bonds. The van der Waals surface area contributed by atoms with E-state index in [1.165, 1.54) is 6.07 Å². The van der Waals surface area contributed by atoms with Crippen LogP contribution in [0.4, 0.5) is 4.39 Å². The van der Waals surface area contributed by atoms with Crippen molar-refractivity contribution >= 4 is 0 Å². The quantitative estimate of drug-likeness (QED) is 0.851. The van der Waals surface area contributed by atoms with Gasteiger partial charge in [0.15, 0.2) is 0 Å². The molecule has 4 heteroatoms. The van der Waals surface area contributed by atoms with Gasteiger partial charge in [0, 0.05) is 18.7 Å². The number of ether oxygens (including phenoxy) is 2. The molecule has 17 heavy (non-hydrogen) atoms. The van der Waals surface area contributed by atoms with E-state index in [0.29, 0.717) is 18.7 Å². The summed E-state index contributed by atoms with van der Waals surface area (Å²) in [6.45, 7) is 1.93. The van der Waals surface area contributed by atoms with Crippen LogP contribution in [0.3, 0.4) is 0 Å². The van der Waals surface area contributed by atoms with Crippen LogP contribution in [-0.4, -0.2) is 32.9 Å². The van der Waals surface area contributed by atoms with Crippen molar-refractivity contribution in [2.24, 2.45) is 0 Å². The topological polar surface area (TPSA) is 30.5 Å². The molecule has 2 rings (SSSR count). The molecule has 2 atom stereocenters. The van der Waals surface area contributed by atoms with Crippen molar-refractivity contribution < 1.29 is 13.9 Å². The lowest BCUT2D eigenvalue weighted by molar-refractivity contribution is -0.0172. The number of hydrogen-bond donors (Lipinski definition) is 1. The van der Waals surface area contributed by atoms with Gasteiger partial charge in [-0.25, -0.2) is 4.39 Å². The minimum atomic E-state index is -0.257. The summed E-state index contributed by atoms with van der Waals surface area (Å²) in [5, 5.41) is 3.03. The Balaban J connectivity index is 2.08. The highest BCUT2D eigenvalue weighted by atomic mass is 19.1. The van der Waals surface area contributed by atoms with E-state index in [1.54, 1.807) is 12.1 Å². The van der Waals surface area contributed by atoms with E-state index in [9.17, 15) is 4.39 Å². The first-order valence-corrected chi connectivity index (χ1v) is 5.93. The van der Waals surface area contributed by atoms with Crippen LogP contribution >= 0.6 is 0 Å². The van der Waals surface area contributed by atoms with E-state index in [0.717, 1.165) is 13.0 Å². The van der Waals surface area contributed by atoms with Crippen LogP contribution in [0.2, 0.25) is 0 Å². The largest absolute Gasteiger partial charge is 0.379 e. The fourth-order valence-electron chi connectivity index (χ4n) is 2.01. The molecule has 1 aromatic carbocycles. The second-order valence-electron chi connectivity index (χ2n) is 4.19. The molecular weight excluding hydrogens is 221 g/mol. The summed E-state index contributed by atoms with van der Waals surface area (Å²) in [4.78, 5) is 0. The van der Waals surface area contributed by atoms with E-state index >= 15 is 0 Å². The van der Waals surface area contributed by atoms with Gasteiger partial charge in [0.1, 0.15) is 5.82 Å². The lowest BCUT2D eigenvalue weighted by atomic mass is 10.1. The lowest BCUT2D eigenvalue weighted by Gasteiger charge is -2.22. The summed E-state index contributed by atoms with van der Waals surface area (Å²) in [7, 11) is 1.84. The molecule has 0 aromatic heterocycles. The van der Waals surface area contributed by atoms with E-state index in [2.05, 4.69) is 5.32 Å². The molecule has 1 N–H and O–H groups in total. The van der Waals surface area contributed by atoms with Crippen molar-refractivity contribution in [1.29, 1.82) is 0 Å². The zero-order valence-electron chi connectivity index (χ0n) is 9.99. The Morgan fingerprint density at radius 1 is 1.53 bits per heavy atom. The van der Waals surface area contributed by atoms with Gasteiger partial charge in [-0.05, 0) is 19.5 Å². The average Bonchev–Trinajstić information content (AvgIpc) is 2.82. The molecule has 1 saturated heterocycles. The Hall–Kier alpha value is -0.970. The summed E-state index contributed by atoms with van der Waals surface area (Å²) >= 11 is 0. The van der Waals surface area contributed by atoms with Gasteiger partial charge in [0.25, 0.3) is 0 Å². The van der Waals surface area contributed by atoms with Crippen molar-refractivity contribution in [3.8, 4) is 0 Å². The molecule has 0 spiro atoms. The first-order valence-electron chi connectivity index (χ1n) is 5.93. The second-order valence-corrected chi connectivity index (χ2v) is 4.19. The smallest absolute Gasteiger partial charge is 0.129 e. The molecule has 1 heterocycles. The SMILES string of the molecule is CNCC(OC1CCOC1)c1ccccc1F. The van der Waals surface area contributed by atoms with Crippen molar-refractivity contribution in [3.05, 3.63) is 35.6 Å². The third-order valence-corrected chi connectivity index (χ3v) is 2.89. The minimum Gasteiger partial charge on any atom is -0.379 e. The van der Waals surface area contributed by atoms with Gasteiger partial charge in [-0.15, -0.1) is 0 Å². The van der Waals surface area contributed by atoms with E-state index in [4.69, 9.17) is 9.47 Å². The van der Waals surface area contributed by atoms with Gasteiger partial charge in [0.05, 0.1) is 18.8 Å². The fourth-order valence-corrected chi connectivity index (χ4v) is 2.01. The zero-order valence-corrected chi connectivity index (χ0v) is 9.99. The highest BCUT2D eigenvalue weighted by Gasteiger charge is 2.23. The van der Waals surface area contributed by atoms with Gasteiger partial charge in [-0.3, -0.25) is 0 Å². The second kappa shape index (κ2) is 6.10. The molecule has 2 unspecified atom stereocenters. The molecule has 0 saturated carbocycles. The number of rotatable bonds is 5. The molecule has 0 bridgehead atoms. The van der Waals surface area contributed by atoms with Gasteiger partial charge in [-0.2, -0.15) is 0 Å². The third-order valence-electron chi connectivity index (χ3n) is 2.89. The maximum Gasteiger partial charge on any atom is 0.129 e. The lowest BCUT2D eigenvalue weighted by Crippen LogP contribution is -2.25. The number of benzene rings is 1. The molecule has 1 aliphatic heterocycles. The molecule has 1 aliphatic rings. The predicted octanol–water partition coefficient (Wildman–Crippen LogP) is 1.89. The van der Waals surface area contributed by atoms with Crippen LogP contribution in [0.15, 0.2) is 24.3 Å². The van der Waals surface area contributed by atoms with Gasteiger partial charge in [-0.1, -0.05) is 18.2 Å². The Bertz CT molecular complexity index is 353. The maximum atomic E-state index is 13.7. The third kappa shape index (κ3) is 3.25. The first-order chi connectivity index (χ1) is 8.31. The van der Waals surface area contributed by atoms with Crippen LogP contribution in [0.1, 0.15) is 18.1 Å². The number of nitrogens with one attached hydrogen (secondary N) is 1. The van der Waals surface area contributed by atoms with Crippen LogP contribution in [-0.2, 0) is 9.47 Å². The minimum absolute atomic E-state index is 0.0768. The first kappa shape index (κ1) is 12.5. The average molecular weight is 239 g/mol. The summed E-state index contributed by atoms with van der Waals surface area (Å²) in [5.74, 6) is -0.216. The van der Waals surface area contributed by atoms with Crippen LogP contribution in [0, 0.1) is 5.82 Å². The monoisotopic (exact) mass is 239 g/mol. The van der Waals surface area contributed by atoms with E-state index in [-0.39, 0.29) is 18.0 Å². The Labute approximate surface area is 101 Å². The Morgan fingerprint density at radius 3 is 3.00 bits per heavy atom. The number of hydrogen-bond acceptors (Lipinski definition) is 3. The number of likely N-dealkylation sites (N-methyl/N-ethyl adjacent to an activating group) is 1.